The Morgan fingerprint density at radius 1 is 1.25 bits per heavy atom. The number of hydrogen-bond donors (Lipinski definition) is 1. The Morgan fingerprint density at radius 2 is 2.00 bits per heavy atom. The highest BCUT2D eigenvalue weighted by Gasteiger charge is 2.07. The molecule has 1 aromatic heterocycles. The Bertz CT molecular complexity index is 520. The summed E-state index contributed by atoms with van der Waals surface area (Å²) in [6.07, 6.45) is 2.23. The first-order valence-electron chi connectivity index (χ1n) is 6.88. The molecule has 20 heavy (non-hydrogen) atoms. The largest absolute Gasteiger partial charge is 0.486 e. The van der Waals surface area contributed by atoms with E-state index in [2.05, 4.69) is 23.9 Å². The van der Waals surface area contributed by atoms with E-state index in [1.165, 1.54) is 0 Å². The molecule has 0 radical (unpaired) electrons. The molecular formula is C15H21N3O2. The van der Waals surface area contributed by atoms with Gasteiger partial charge >= 0.3 is 0 Å². The van der Waals surface area contributed by atoms with Gasteiger partial charge in [0.15, 0.2) is 5.82 Å². The van der Waals surface area contributed by atoms with Gasteiger partial charge in [-0.1, -0.05) is 26.0 Å². The lowest BCUT2D eigenvalue weighted by Crippen LogP contribution is -2.12. The van der Waals surface area contributed by atoms with Gasteiger partial charge in [-0.3, -0.25) is 0 Å². The summed E-state index contributed by atoms with van der Waals surface area (Å²) in [5, 5.41) is 13.1. The summed E-state index contributed by atoms with van der Waals surface area (Å²) < 4.78 is 7.60. The van der Waals surface area contributed by atoms with Crippen LogP contribution in [0.5, 0.6) is 5.75 Å². The van der Waals surface area contributed by atoms with Crippen LogP contribution in [-0.4, -0.2) is 26.5 Å². The van der Waals surface area contributed by atoms with Gasteiger partial charge in [0, 0.05) is 13.2 Å². The van der Waals surface area contributed by atoms with Crippen molar-refractivity contribution in [1.29, 1.82) is 0 Å². The van der Waals surface area contributed by atoms with Crippen molar-refractivity contribution in [1.82, 2.24) is 14.8 Å². The van der Waals surface area contributed by atoms with Gasteiger partial charge in [0.1, 0.15) is 18.7 Å². The maximum absolute atomic E-state index is 8.87. The zero-order chi connectivity index (χ0) is 14.4. The monoisotopic (exact) mass is 275 g/mol. The second-order valence-corrected chi connectivity index (χ2v) is 5.16. The van der Waals surface area contributed by atoms with E-state index >= 15 is 0 Å². The first-order valence-corrected chi connectivity index (χ1v) is 6.88. The second-order valence-electron chi connectivity index (χ2n) is 5.16. The number of aromatic nitrogens is 3. The molecule has 0 atom stereocenters. The number of nitrogens with zero attached hydrogens (tertiary/aromatic N) is 3. The molecule has 0 aliphatic heterocycles. The van der Waals surface area contributed by atoms with Gasteiger partial charge in [-0.2, -0.15) is 5.10 Å². The van der Waals surface area contributed by atoms with E-state index < -0.39 is 0 Å². The van der Waals surface area contributed by atoms with E-state index in [1.807, 2.05) is 28.9 Å². The summed E-state index contributed by atoms with van der Waals surface area (Å²) >= 11 is 0. The molecule has 1 N–H and O–H groups in total. The lowest BCUT2D eigenvalue weighted by molar-refractivity contribution is 0.282. The molecule has 0 saturated carbocycles. The maximum atomic E-state index is 8.87. The third-order valence-electron chi connectivity index (χ3n) is 2.93. The molecule has 0 bridgehead atoms. The van der Waals surface area contributed by atoms with Gasteiger partial charge in [0.2, 0.25) is 0 Å². The number of benzene rings is 1. The van der Waals surface area contributed by atoms with Crippen molar-refractivity contribution < 1.29 is 9.84 Å². The lowest BCUT2D eigenvalue weighted by atomic mass is 10.1. The summed E-state index contributed by atoms with van der Waals surface area (Å²) in [5.74, 6) is 2.15. The number of aliphatic hydroxyl groups excluding tert-OH is 1. The van der Waals surface area contributed by atoms with Crippen LogP contribution in [0.1, 0.15) is 25.2 Å². The summed E-state index contributed by atoms with van der Waals surface area (Å²) in [6, 6.07) is 7.75. The van der Waals surface area contributed by atoms with Gasteiger partial charge < -0.3 is 9.84 Å². The topological polar surface area (TPSA) is 60.2 Å². The van der Waals surface area contributed by atoms with Crippen molar-refractivity contribution >= 4 is 0 Å². The first kappa shape index (κ1) is 14.5. The van der Waals surface area contributed by atoms with Crippen molar-refractivity contribution in [3.63, 3.8) is 0 Å². The van der Waals surface area contributed by atoms with Crippen LogP contribution in [0.25, 0.3) is 0 Å². The molecule has 1 heterocycles. The Balaban J connectivity index is 1.93. The molecule has 0 spiro atoms. The average Bonchev–Trinajstić information content (AvgIpc) is 2.85. The number of ether oxygens (including phenoxy) is 1. The van der Waals surface area contributed by atoms with Crippen LogP contribution in [0.15, 0.2) is 30.6 Å². The second kappa shape index (κ2) is 7.05. The molecule has 0 amide bonds. The number of aliphatic hydroxyl groups is 1. The molecular weight excluding hydrogens is 254 g/mol. The molecule has 0 aliphatic carbocycles. The van der Waals surface area contributed by atoms with Gasteiger partial charge in [0.25, 0.3) is 0 Å². The van der Waals surface area contributed by atoms with Crippen LogP contribution in [0.2, 0.25) is 0 Å². The molecule has 0 aliphatic rings. The fourth-order valence-corrected chi connectivity index (χ4v) is 1.93. The molecule has 0 fully saturated rings. The van der Waals surface area contributed by atoms with Crippen LogP contribution in [0.3, 0.4) is 0 Å². The van der Waals surface area contributed by atoms with E-state index in [1.54, 1.807) is 6.33 Å². The first-order chi connectivity index (χ1) is 9.69. The van der Waals surface area contributed by atoms with Crippen molar-refractivity contribution in [2.24, 2.45) is 5.92 Å². The molecule has 2 rings (SSSR count). The normalized spacial score (nSPS) is 11.0. The minimum Gasteiger partial charge on any atom is -0.486 e. The Kier molecular flexibility index (Phi) is 5.12. The summed E-state index contributed by atoms with van der Waals surface area (Å²) in [7, 11) is 0. The van der Waals surface area contributed by atoms with E-state index in [9.17, 15) is 0 Å². The highest BCUT2D eigenvalue weighted by molar-refractivity contribution is 5.27. The van der Waals surface area contributed by atoms with Crippen LogP contribution in [0, 0.1) is 5.92 Å². The SMILES string of the molecule is CC(C)Cn1ncnc1COc1ccc(CCO)cc1. The van der Waals surface area contributed by atoms with Crippen molar-refractivity contribution in [3.05, 3.63) is 42.0 Å². The standard InChI is InChI=1S/C15H21N3O2/c1-12(2)9-18-15(16-11-17-18)10-20-14-5-3-13(4-6-14)7-8-19/h3-6,11-12,19H,7-10H2,1-2H3. The molecule has 108 valence electrons. The quantitative estimate of drug-likeness (QED) is 0.840. The average molecular weight is 275 g/mol. The highest BCUT2D eigenvalue weighted by Crippen LogP contribution is 2.14. The predicted molar refractivity (Wildman–Crippen MR) is 76.4 cm³/mol. The van der Waals surface area contributed by atoms with E-state index in [4.69, 9.17) is 9.84 Å². The fourth-order valence-electron chi connectivity index (χ4n) is 1.93. The number of hydrogen-bond acceptors (Lipinski definition) is 4. The van der Waals surface area contributed by atoms with E-state index in [-0.39, 0.29) is 6.61 Å². The van der Waals surface area contributed by atoms with Crippen LogP contribution >= 0.6 is 0 Å². The molecule has 1 aromatic carbocycles. The molecule has 5 nitrogen and oxygen atoms in total. The smallest absolute Gasteiger partial charge is 0.164 e. The van der Waals surface area contributed by atoms with Crippen molar-refractivity contribution in [2.75, 3.05) is 6.61 Å². The maximum Gasteiger partial charge on any atom is 0.164 e. The number of rotatable bonds is 7. The zero-order valence-corrected chi connectivity index (χ0v) is 12.0. The Morgan fingerprint density at radius 3 is 2.65 bits per heavy atom. The Hall–Kier alpha value is -1.88. The predicted octanol–water partition coefficient (Wildman–Crippen LogP) is 2.05. The van der Waals surface area contributed by atoms with Crippen LogP contribution < -0.4 is 4.74 Å². The van der Waals surface area contributed by atoms with Gasteiger partial charge in [-0.25, -0.2) is 9.67 Å². The minimum absolute atomic E-state index is 0.165. The van der Waals surface area contributed by atoms with Crippen LogP contribution in [0.4, 0.5) is 0 Å². The third kappa shape index (κ3) is 4.06. The van der Waals surface area contributed by atoms with Gasteiger partial charge in [-0.15, -0.1) is 0 Å². The van der Waals surface area contributed by atoms with E-state index in [0.717, 1.165) is 23.7 Å². The van der Waals surface area contributed by atoms with Gasteiger partial charge in [0.05, 0.1) is 0 Å². The van der Waals surface area contributed by atoms with Crippen molar-refractivity contribution in [2.45, 2.75) is 33.4 Å². The third-order valence-corrected chi connectivity index (χ3v) is 2.93. The van der Waals surface area contributed by atoms with Crippen LogP contribution in [-0.2, 0) is 19.6 Å². The summed E-state index contributed by atoms with van der Waals surface area (Å²) in [5.41, 5.74) is 1.10. The highest BCUT2D eigenvalue weighted by atomic mass is 16.5. The molecule has 2 aromatic rings. The minimum atomic E-state index is 0.165. The van der Waals surface area contributed by atoms with Gasteiger partial charge in [-0.05, 0) is 30.0 Å². The Labute approximate surface area is 119 Å². The summed E-state index contributed by atoms with van der Waals surface area (Å²) in [6.45, 7) is 5.71. The molecule has 0 saturated heterocycles. The fraction of sp³-hybridized carbons (Fsp3) is 0.467. The zero-order valence-electron chi connectivity index (χ0n) is 12.0. The van der Waals surface area contributed by atoms with E-state index in [0.29, 0.717) is 18.9 Å². The van der Waals surface area contributed by atoms with Crippen molar-refractivity contribution in [3.8, 4) is 5.75 Å². The summed E-state index contributed by atoms with van der Waals surface area (Å²) in [4.78, 5) is 4.23. The molecule has 5 heteroatoms. The lowest BCUT2D eigenvalue weighted by Gasteiger charge is -2.10. The molecule has 0 unspecified atom stereocenters.